The Labute approximate surface area is 608 Å². The molecule has 1 aliphatic heterocycles. The third-order valence-corrected chi connectivity index (χ3v) is 18.1. The molecule has 16 nitrogen and oxygen atoms in total. The summed E-state index contributed by atoms with van der Waals surface area (Å²) in [6.45, 7) is 17.4. The van der Waals surface area contributed by atoms with E-state index in [1.54, 1.807) is 93.9 Å². The van der Waals surface area contributed by atoms with Gasteiger partial charge in [0.15, 0.2) is 19.2 Å². The summed E-state index contributed by atoms with van der Waals surface area (Å²) in [4.78, 5) is 56.0. The third kappa shape index (κ3) is 24.0. The number of carbonyl (C=O) groups is 5. The maximum absolute atomic E-state index is 11.6. The van der Waals surface area contributed by atoms with Crippen LogP contribution in [0.1, 0.15) is 157 Å². The van der Waals surface area contributed by atoms with Gasteiger partial charge >= 0.3 is 13.1 Å². The van der Waals surface area contributed by atoms with Gasteiger partial charge in [0.25, 0.3) is 5.24 Å². The number of benzene rings is 6. The Hall–Kier alpha value is -9.63. The Morgan fingerprint density at radius 1 is 0.604 bits per heavy atom. The topological polar surface area (TPSA) is 207 Å². The minimum atomic E-state index is -0.452. The van der Waals surface area contributed by atoms with E-state index in [1.165, 1.54) is 17.5 Å². The number of aliphatic hydroxyl groups is 2. The van der Waals surface area contributed by atoms with E-state index in [2.05, 4.69) is 117 Å². The number of allylic oxidation sites excluding steroid dienone is 4. The average molecular weight is 1440 g/mol. The summed E-state index contributed by atoms with van der Waals surface area (Å²) in [6, 6.07) is 57.8. The van der Waals surface area contributed by atoms with Crippen LogP contribution < -0.4 is 0 Å². The molecule has 3 aliphatic rings. The van der Waals surface area contributed by atoms with Crippen molar-refractivity contribution in [1.82, 2.24) is 29.3 Å². The van der Waals surface area contributed by atoms with E-state index in [0.717, 1.165) is 94.2 Å². The fourth-order valence-electron chi connectivity index (χ4n) is 10.3. The van der Waals surface area contributed by atoms with Gasteiger partial charge in [0.05, 0.1) is 39.2 Å². The summed E-state index contributed by atoms with van der Waals surface area (Å²) in [5.41, 5.74) is 13.3. The molecule has 1 fully saturated rings. The fraction of sp³-hybridized carbons (Fsp3) is 0.293. The van der Waals surface area contributed by atoms with Crippen molar-refractivity contribution in [2.75, 3.05) is 13.2 Å². The molecule has 2 aliphatic carbocycles. The lowest BCUT2D eigenvalue weighted by Gasteiger charge is -2.32. The average Bonchev–Trinajstić information content (AvgIpc) is 1.64. The lowest BCUT2D eigenvalue weighted by atomic mass is 9.67. The second kappa shape index (κ2) is 38.8. The number of nitrogens with zero attached hydrogens (tertiary/aromatic N) is 6. The van der Waals surface area contributed by atoms with Crippen LogP contribution in [0.5, 0.6) is 0 Å². The maximum atomic E-state index is 11.6. The normalized spacial score (nSPS) is 14.6. The number of hydrogen-bond donors (Lipinski definition) is 2. The predicted octanol–water partition coefficient (Wildman–Crippen LogP) is 16.9. The number of aldehydes is 2. The van der Waals surface area contributed by atoms with Gasteiger partial charge in [-0.2, -0.15) is 15.3 Å². The first-order chi connectivity index (χ1) is 48.2. The molecule has 101 heavy (non-hydrogen) atoms. The first-order valence-corrected chi connectivity index (χ1v) is 34.2. The van der Waals surface area contributed by atoms with Crippen LogP contribution >= 0.6 is 27.5 Å². The second-order valence-electron chi connectivity index (χ2n) is 26.3. The molecule has 0 atom stereocenters. The van der Waals surface area contributed by atoms with Crippen molar-refractivity contribution in [2.45, 2.75) is 112 Å². The molecule has 524 valence electrons. The van der Waals surface area contributed by atoms with Gasteiger partial charge in [0, 0.05) is 54.5 Å². The Balaban J connectivity index is 0.000000191. The van der Waals surface area contributed by atoms with Crippen molar-refractivity contribution in [3.8, 4) is 58.0 Å². The first-order valence-electron chi connectivity index (χ1n) is 33.0. The van der Waals surface area contributed by atoms with Crippen LogP contribution in [0.4, 0.5) is 0 Å². The monoisotopic (exact) mass is 1440 g/mol. The van der Waals surface area contributed by atoms with Crippen molar-refractivity contribution in [1.29, 1.82) is 0 Å². The molecule has 6 aromatic carbocycles. The van der Waals surface area contributed by atoms with Gasteiger partial charge in [0.1, 0.15) is 29.4 Å². The van der Waals surface area contributed by atoms with E-state index in [-0.39, 0.29) is 43.9 Å². The van der Waals surface area contributed by atoms with Gasteiger partial charge in [0.2, 0.25) is 5.78 Å². The number of esters is 1. The number of Topliss-reactive ketones (excluding diaryl/α,β-unsaturated/α-hetero) is 1. The van der Waals surface area contributed by atoms with Gasteiger partial charge in [-0.1, -0.05) is 222 Å². The molecule has 0 spiro atoms. The number of aliphatic hydroxyl groups excluding tert-OH is 2. The van der Waals surface area contributed by atoms with Crippen LogP contribution in [0, 0.1) is 35.0 Å². The van der Waals surface area contributed by atoms with E-state index in [0.29, 0.717) is 38.9 Å². The van der Waals surface area contributed by atoms with E-state index >= 15 is 0 Å². The molecular formula is C82H89BBrClN6O10. The molecule has 0 amide bonds. The lowest BCUT2D eigenvalue weighted by molar-refractivity contribution is 0.00578. The third-order valence-electron chi connectivity index (χ3n) is 17.1. The summed E-state index contributed by atoms with van der Waals surface area (Å²) >= 11 is 8.55. The molecule has 12 rings (SSSR count). The molecule has 0 radical (unpaired) electrons. The van der Waals surface area contributed by atoms with Gasteiger partial charge < -0.3 is 24.3 Å². The highest BCUT2D eigenvalue weighted by Crippen LogP contribution is 2.44. The maximum Gasteiger partial charge on any atom is 0.490 e. The highest BCUT2D eigenvalue weighted by molar-refractivity contribution is 9.10. The molecule has 9 aromatic rings. The number of hydrogen-bond acceptors (Lipinski definition) is 13. The van der Waals surface area contributed by atoms with Crippen LogP contribution in [0.25, 0.3) is 39.3 Å². The summed E-state index contributed by atoms with van der Waals surface area (Å²) in [7, 11) is 5.29. The van der Waals surface area contributed by atoms with E-state index < -0.39 is 11.2 Å². The quantitative estimate of drug-likeness (QED) is 0.0222. The van der Waals surface area contributed by atoms with E-state index in [1.807, 2.05) is 135 Å². The summed E-state index contributed by atoms with van der Waals surface area (Å²) in [6.07, 6.45) is 17.5. The Morgan fingerprint density at radius 3 is 1.46 bits per heavy atom. The van der Waals surface area contributed by atoms with Crippen molar-refractivity contribution in [3.05, 3.63) is 249 Å². The predicted molar refractivity (Wildman–Crippen MR) is 406 cm³/mol. The largest absolute Gasteiger partial charge is 0.490 e. The number of ether oxygens (including phenoxy) is 1. The minimum Gasteiger partial charge on any atom is -0.449 e. The fourth-order valence-corrected chi connectivity index (χ4v) is 11.1. The molecule has 19 heteroatoms. The number of terminal acetylenes is 1. The number of carbonyl (C=O) groups excluding carboxylic acids is 5. The lowest BCUT2D eigenvalue weighted by Crippen LogP contribution is -2.41. The molecule has 1 saturated heterocycles. The second-order valence-corrected chi connectivity index (χ2v) is 27.5. The van der Waals surface area contributed by atoms with Gasteiger partial charge in [-0.05, 0) is 140 Å². The van der Waals surface area contributed by atoms with Crippen molar-refractivity contribution < 1.29 is 48.2 Å². The number of halogens is 2. The Kier molecular flexibility index (Phi) is 30.9. The SMILES string of the molecule is C#CCO.CC1(C)CC=C(B2OC(C)(C)C(C)(C)O2)CC1.Cn1nc(-c2ccccc2)c(Br)c1C=O.Cn1nc(-c2ccccc2)c(C2=CCC(C)(C)CC2)c1C=O.Cn1nc(-c2ccccc2)cc1CO.O=C(C#CCOC(=O)c1ccccc1)c1ccccc1.O=C(Cl)c1ccccc1. The zero-order chi connectivity index (χ0) is 73.8. The van der Waals surface area contributed by atoms with Crippen molar-refractivity contribution in [2.24, 2.45) is 32.0 Å². The molecule has 0 saturated carbocycles. The van der Waals surface area contributed by atoms with Crippen molar-refractivity contribution >= 4 is 69.8 Å². The molecule has 0 bridgehead atoms. The molecule has 3 aromatic heterocycles. The van der Waals surface area contributed by atoms with Gasteiger partial charge in [-0.15, -0.1) is 6.42 Å². The summed E-state index contributed by atoms with van der Waals surface area (Å²) < 4.78 is 22.8. The molecular weight excluding hydrogens is 1360 g/mol. The van der Waals surface area contributed by atoms with Gasteiger partial charge in [-0.3, -0.25) is 33.2 Å². The summed E-state index contributed by atoms with van der Waals surface area (Å²) in [5.74, 6) is 6.23. The zero-order valence-corrected chi connectivity index (χ0v) is 61.7. The van der Waals surface area contributed by atoms with Crippen LogP contribution in [0.15, 0.2) is 210 Å². The van der Waals surface area contributed by atoms with Gasteiger partial charge in [-0.25, -0.2) is 4.79 Å². The Bertz CT molecular complexity index is 4330. The molecule has 0 unspecified atom stereocenters. The van der Waals surface area contributed by atoms with Crippen LogP contribution in [0.3, 0.4) is 0 Å². The highest BCUT2D eigenvalue weighted by atomic mass is 79.9. The molecule has 4 heterocycles. The number of aromatic nitrogens is 6. The standard InChI is InChI=1S/C19H22N2O.C17H12O3.C14H25BO2.C11H9BrN2O.C11H12N2O.C7H5ClO.C3H4O/c1-19(2)11-9-14(10-12-19)17-16(13-22)21(3)20-18(17)15-7-5-4-6-8-15;18-16(14-8-3-1-4-9-14)12-7-13-20-17(19)15-10-5-2-6-11-15;1-12(2)9-7-11(8-10-12)15-16-13(3,4)14(5,6)17-15;1-14-9(7-15)10(12)11(13-14)8-5-3-2-4-6-8;1-13-10(8-14)7-11(12-13)9-5-3-2-4-6-9;8-7(9)6-4-2-1-3-5-6;1-2-3-4/h4-9,13H,10-12H2,1-3H3;1-6,8-11H,13H2;7H,8-10H2,1-6H3;2-7H,1H3;2-7,14H,8H2,1H3;1-5H;1,4H,3H2. The van der Waals surface area contributed by atoms with Crippen LogP contribution in [-0.2, 0) is 41.8 Å². The van der Waals surface area contributed by atoms with Crippen molar-refractivity contribution in [3.63, 3.8) is 0 Å². The van der Waals surface area contributed by atoms with Crippen LogP contribution in [0.2, 0.25) is 0 Å². The smallest absolute Gasteiger partial charge is 0.449 e. The number of rotatable bonds is 12. The van der Waals surface area contributed by atoms with Crippen LogP contribution in [-0.4, -0.2) is 101 Å². The zero-order valence-electron chi connectivity index (χ0n) is 59.3. The first kappa shape index (κ1) is 80.4. The Morgan fingerprint density at radius 2 is 1.04 bits per heavy atom. The molecule has 2 N–H and O–H groups in total. The minimum absolute atomic E-state index is 0.0241. The number of ketones is 1. The number of aryl methyl sites for hydroxylation is 3. The van der Waals surface area contributed by atoms with E-state index in [4.69, 9.17) is 35.9 Å². The highest BCUT2D eigenvalue weighted by Gasteiger charge is 2.52. The summed E-state index contributed by atoms with van der Waals surface area (Å²) in [5, 5.41) is 29.5. The van der Waals surface area contributed by atoms with E-state index in [9.17, 15) is 24.0 Å².